The van der Waals surface area contributed by atoms with Gasteiger partial charge in [-0.15, -0.1) is 0 Å². The van der Waals surface area contributed by atoms with Crippen LogP contribution in [-0.2, 0) is 4.79 Å². The Morgan fingerprint density at radius 3 is 2.50 bits per heavy atom. The number of carbonyl (C=O) groups is 1. The molecule has 2 rings (SSSR count). The van der Waals surface area contributed by atoms with Crippen molar-refractivity contribution < 1.29 is 15.0 Å². The molecule has 1 heterocycles. The van der Waals surface area contributed by atoms with Gasteiger partial charge in [0, 0.05) is 19.2 Å². The van der Waals surface area contributed by atoms with Gasteiger partial charge in [0.05, 0.1) is 0 Å². The van der Waals surface area contributed by atoms with Crippen LogP contribution < -0.4 is 0 Å². The van der Waals surface area contributed by atoms with E-state index in [9.17, 15) is 15.0 Å². The van der Waals surface area contributed by atoms with Gasteiger partial charge < -0.3 is 15.1 Å². The van der Waals surface area contributed by atoms with Crippen LogP contribution in [0.2, 0.25) is 0 Å². The number of benzene rings is 1. The van der Waals surface area contributed by atoms with E-state index in [0.717, 1.165) is 31.5 Å². The standard InChI is InChI=1S/C16H19NO3/c18-14-9-8-13(12-15(14)19)6-2-3-7-16(20)17-10-4-1-5-11-17/h2-3,6-9,12,18-19H,1,4-5,10-11H2. The van der Waals surface area contributed by atoms with Crippen LogP contribution in [0, 0.1) is 0 Å². The highest BCUT2D eigenvalue weighted by atomic mass is 16.3. The van der Waals surface area contributed by atoms with E-state index in [-0.39, 0.29) is 17.4 Å². The Hall–Kier alpha value is -2.23. The van der Waals surface area contributed by atoms with Gasteiger partial charge in [-0.25, -0.2) is 0 Å². The van der Waals surface area contributed by atoms with Crippen LogP contribution in [0.3, 0.4) is 0 Å². The van der Waals surface area contributed by atoms with Gasteiger partial charge in [-0.1, -0.05) is 24.3 Å². The monoisotopic (exact) mass is 273 g/mol. The first-order valence-corrected chi connectivity index (χ1v) is 6.82. The average molecular weight is 273 g/mol. The third-order valence-corrected chi connectivity index (χ3v) is 3.31. The molecule has 4 nitrogen and oxygen atoms in total. The highest BCUT2D eigenvalue weighted by Crippen LogP contribution is 2.25. The van der Waals surface area contributed by atoms with E-state index in [1.807, 2.05) is 4.90 Å². The maximum Gasteiger partial charge on any atom is 0.246 e. The van der Waals surface area contributed by atoms with Crippen molar-refractivity contribution in [2.24, 2.45) is 0 Å². The van der Waals surface area contributed by atoms with Gasteiger partial charge >= 0.3 is 0 Å². The van der Waals surface area contributed by atoms with Crippen molar-refractivity contribution in [1.82, 2.24) is 4.90 Å². The van der Waals surface area contributed by atoms with Crippen LogP contribution in [0.4, 0.5) is 0 Å². The quantitative estimate of drug-likeness (QED) is 0.505. The Labute approximate surface area is 118 Å². The van der Waals surface area contributed by atoms with Crippen molar-refractivity contribution in [3.05, 3.63) is 42.0 Å². The fraction of sp³-hybridized carbons (Fsp3) is 0.312. The lowest BCUT2D eigenvalue weighted by Crippen LogP contribution is -2.34. The predicted octanol–water partition coefficient (Wildman–Crippen LogP) is 2.68. The normalized spacial score (nSPS) is 16.1. The van der Waals surface area contributed by atoms with Crippen molar-refractivity contribution in [3.8, 4) is 11.5 Å². The zero-order chi connectivity index (χ0) is 14.4. The van der Waals surface area contributed by atoms with Crippen LogP contribution in [0.15, 0.2) is 36.4 Å². The van der Waals surface area contributed by atoms with Gasteiger partial charge in [-0.05, 0) is 37.0 Å². The molecule has 0 aliphatic carbocycles. The number of allylic oxidation sites excluding steroid dienone is 2. The summed E-state index contributed by atoms with van der Waals surface area (Å²) < 4.78 is 0. The predicted molar refractivity (Wildman–Crippen MR) is 78.4 cm³/mol. The van der Waals surface area contributed by atoms with Crippen molar-refractivity contribution in [2.45, 2.75) is 19.3 Å². The first kappa shape index (κ1) is 14.2. The Balaban J connectivity index is 1.89. The average Bonchev–Trinajstić information content (AvgIpc) is 2.48. The van der Waals surface area contributed by atoms with Crippen molar-refractivity contribution in [3.63, 3.8) is 0 Å². The van der Waals surface area contributed by atoms with Gasteiger partial charge in [0.1, 0.15) is 0 Å². The van der Waals surface area contributed by atoms with Gasteiger partial charge in [-0.3, -0.25) is 4.79 Å². The zero-order valence-electron chi connectivity index (χ0n) is 11.3. The molecule has 1 aromatic rings. The fourth-order valence-corrected chi connectivity index (χ4v) is 2.17. The minimum atomic E-state index is -0.152. The number of hydrogen-bond donors (Lipinski definition) is 2. The maximum absolute atomic E-state index is 11.8. The van der Waals surface area contributed by atoms with Crippen LogP contribution in [0.1, 0.15) is 24.8 Å². The summed E-state index contributed by atoms with van der Waals surface area (Å²) >= 11 is 0. The third-order valence-electron chi connectivity index (χ3n) is 3.31. The summed E-state index contributed by atoms with van der Waals surface area (Å²) in [6, 6.07) is 4.58. The van der Waals surface area contributed by atoms with Crippen molar-refractivity contribution in [1.29, 1.82) is 0 Å². The zero-order valence-corrected chi connectivity index (χ0v) is 11.3. The Morgan fingerprint density at radius 1 is 1.05 bits per heavy atom. The molecular formula is C16H19NO3. The third kappa shape index (κ3) is 3.88. The number of rotatable bonds is 3. The molecule has 0 atom stereocenters. The van der Waals surface area contributed by atoms with E-state index >= 15 is 0 Å². The largest absolute Gasteiger partial charge is 0.504 e. The summed E-state index contributed by atoms with van der Waals surface area (Å²) in [7, 11) is 0. The molecule has 1 fully saturated rings. The molecule has 0 unspecified atom stereocenters. The number of phenols is 2. The van der Waals surface area contributed by atoms with E-state index in [2.05, 4.69) is 0 Å². The molecule has 0 bridgehead atoms. The molecule has 4 heteroatoms. The molecule has 0 saturated carbocycles. The first-order valence-electron chi connectivity index (χ1n) is 6.82. The van der Waals surface area contributed by atoms with Crippen molar-refractivity contribution >= 4 is 12.0 Å². The van der Waals surface area contributed by atoms with Crippen LogP contribution in [0.25, 0.3) is 6.08 Å². The minimum absolute atomic E-state index is 0.0444. The number of amides is 1. The van der Waals surface area contributed by atoms with Crippen LogP contribution >= 0.6 is 0 Å². The SMILES string of the molecule is O=C(C=CC=Cc1ccc(O)c(O)c1)N1CCCCC1. The van der Waals surface area contributed by atoms with Gasteiger partial charge in [-0.2, -0.15) is 0 Å². The molecule has 0 aromatic heterocycles. The number of hydrogen-bond acceptors (Lipinski definition) is 3. The molecule has 2 N–H and O–H groups in total. The van der Waals surface area contributed by atoms with E-state index in [4.69, 9.17) is 0 Å². The summed E-state index contributed by atoms with van der Waals surface area (Å²) in [5, 5.41) is 18.5. The van der Waals surface area contributed by atoms with Gasteiger partial charge in [0.2, 0.25) is 5.91 Å². The molecule has 1 aliphatic heterocycles. The molecule has 1 aromatic carbocycles. The number of aromatic hydroxyl groups is 2. The number of piperidine rings is 1. The highest BCUT2D eigenvalue weighted by molar-refractivity contribution is 5.88. The molecule has 0 spiro atoms. The van der Waals surface area contributed by atoms with Gasteiger partial charge in [0.15, 0.2) is 11.5 Å². The summed E-state index contributed by atoms with van der Waals surface area (Å²) in [5.41, 5.74) is 0.760. The number of likely N-dealkylation sites (tertiary alicyclic amines) is 1. The lowest BCUT2D eigenvalue weighted by atomic mass is 10.1. The fourth-order valence-electron chi connectivity index (χ4n) is 2.17. The Morgan fingerprint density at radius 2 is 1.80 bits per heavy atom. The molecule has 106 valence electrons. The lowest BCUT2D eigenvalue weighted by molar-refractivity contribution is -0.126. The van der Waals surface area contributed by atoms with E-state index in [1.54, 1.807) is 30.4 Å². The topological polar surface area (TPSA) is 60.8 Å². The summed E-state index contributed by atoms with van der Waals surface area (Å²) in [6.45, 7) is 1.69. The number of nitrogens with zero attached hydrogens (tertiary/aromatic N) is 1. The molecule has 1 amide bonds. The number of carbonyl (C=O) groups excluding carboxylic acids is 1. The minimum Gasteiger partial charge on any atom is -0.504 e. The van der Waals surface area contributed by atoms with Crippen molar-refractivity contribution in [2.75, 3.05) is 13.1 Å². The lowest BCUT2D eigenvalue weighted by Gasteiger charge is -2.25. The number of phenolic OH excluding ortho intramolecular Hbond substituents is 2. The van der Waals surface area contributed by atoms with Gasteiger partial charge in [0.25, 0.3) is 0 Å². The molecule has 1 aliphatic rings. The molecule has 20 heavy (non-hydrogen) atoms. The van der Waals surface area contributed by atoms with Crippen LogP contribution in [-0.4, -0.2) is 34.1 Å². The molecular weight excluding hydrogens is 254 g/mol. The first-order chi connectivity index (χ1) is 9.66. The van der Waals surface area contributed by atoms with E-state index in [1.165, 1.54) is 18.6 Å². The maximum atomic E-state index is 11.8. The van der Waals surface area contributed by atoms with E-state index < -0.39 is 0 Å². The second-order valence-electron chi connectivity index (χ2n) is 4.85. The Bertz CT molecular complexity index is 529. The smallest absolute Gasteiger partial charge is 0.246 e. The highest BCUT2D eigenvalue weighted by Gasteiger charge is 2.13. The summed E-state index contributed by atoms with van der Waals surface area (Å²) in [4.78, 5) is 13.7. The summed E-state index contributed by atoms with van der Waals surface area (Å²) in [5.74, 6) is -0.249. The Kier molecular flexibility index (Phi) is 4.82. The van der Waals surface area contributed by atoms with Crippen LogP contribution in [0.5, 0.6) is 11.5 Å². The second kappa shape index (κ2) is 6.80. The second-order valence-corrected chi connectivity index (χ2v) is 4.85. The molecule has 0 radical (unpaired) electrons. The van der Waals surface area contributed by atoms with E-state index in [0.29, 0.717) is 0 Å². The molecule has 1 saturated heterocycles. The summed E-state index contributed by atoms with van der Waals surface area (Å²) in [6.07, 6.45) is 10.1.